The number of unbranched alkanes of at least 4 members (excludes halogenated alkanes) is 6. The summed E-state index contributed by atoms with van der Waals surface area (Å²) in [4.78, 5) is 0. The zero-order valence-electron chi connectivity index (χ0n) is 8.97. The van der Waals surface area contributed by atoms with Crippen LogP contribution in [-0.2, 0) is 0 Å². The second-order valence-corrected chi connectivity index (χ2v) is 3.70. The molecule has 13 heavy (non-hydrogen) atoms. The molecule has 0 radical (unpaired) electrons. The standard InChI is InChI=1S/C10H20OS.K/c1-2-3-4-5-6-7-8-9-10(11)12;/h2-9H2,1H3,(H,11,12);/q;+1/p-1. The summed E-state index contributed by atoms with van der Waals surface area (Å²) in [5, 5.41) is 10.3. The molecule has 0 N–H and O–H groups in total. The van der Waals surface area contributed by atoms with E-state index in [1.807, 2.05) is 0 Å². The molecular formula is C10H19KOS. The molecule has 3 heteroatoms. The third kappa shape index (κ3) is 16.2. The normalized spacial score (nSPS) is 9.31. The summed E-state index contributed by atoms with van der Waals surface area (Å²) in [6.07, 6.45) is 9.34. The van der Waals surface area contributed by atoms with Crippen LogP contribution in [0.15, 0.2) is 0 Å². The molecule has 0 bridgehead atoms. The Bertz CT molecular complexity index is 117. The molecule has 0 aromatic rings. The van der Waals surface area contributed by atoms with Crippen LogP contribution in [-0.4, -0.2) is 5.05 Å². The van der Waals surface area contributed by atoms with Crippen LogP contribution in [0.5, 0.6) is 0 Å². The van der Waals surface area contributed by atoms with E-state index in [4.69, 9.17) is 0 Å². The summed E-state index contributed by atoms with van der Waals surface area (Å²) in [5.74, 6) is 0. The predicted octanol–water partition coefficient (Wildman–Crippen LogP) is -0.181. The van der Waals surface area contributed by atoms with Gasteiger partial charge in [0.25, 0.3) is 0 Å². The van der Waals surface area contributed by atoms with Crippen LogP contribution >= 0.6 is 12.2 Å². The second-order valence-electron chi connectivity index (χ2n) is 3.24. The Morgan fingerprint density at radius 2 is 1.46 bits per heavy atom. The zero-order valence-corrected chi connectivity index (χ0v) is 12.9. The topological polar surface area (TPSA) is 23.1 Å². The van der Waals surface area contributed by atoms with Gasteiger partial charge in [0.1, 0.15) is 0 Å². The summed E-state index contributed by atoms with van der Waals surface area (Å²) in [6.45, 7) is 2.22. The van der Waals surface area contributed by atoms with Crippen molar-refractivity contribution in [3.63, 3.8) is 0 Å². The van der Waals surface area contributed by atoms with Gasteiger partial charge in [0.2, 0.25) is 0 Å². The van der Waals surface area contributed by atoms with Gasteiger partial charge in [-0.2, -0.15) is 0 Å². The minimum Gasteiger partial charge on any atom is -0.867 e. The van der Waals surface area contributed by atoms with Crippen LogP contribution in [0.4, 0.5) is 0 Å². The number of rotatable bonds is 8. The summed E-state index contributed by atoms with van der Waals surface area (Å²) >= 11 is 4.46. The number of hydrogen-bond acceptors (Lipinski definition) is 2. The first-order valence-corrected chi connectivity index (χ1v) is 5.38. The van der Waals surface area contributed by atoms with Gasteiger partial charge in [0.05, 0.1) is 0 Å². The van der Waals surface area contributed by atoms with Crippen LogP contribution in [0.2, 0.25) is 0 Å². The Balaban J connectivity index is 0. The smallest absolute Gasteiger partial charge is 0.867 e. The van der Waals surface area contributed by atoms with E-state index in [1.165, 1.54) is 38.5 Å². The summed E-state index contributed by atoms with van der Waals surface area (Å²) < 4.78 is 0. The molecule has 0 atom stereocenters. The molecule has 0 spiro atoms. The Hall–Kier alpha value is 1.53. The summed E-state index contributed by atoms with van der Waals surface area (Å²) in [6, 6.07) is 0. The van der Waals surface area contributed by atoms with E-state index >= 15 is 0 Å². The van der Waals surface area contributed by atoms with Gasteiger partial charge in [-0.15, -0.1) is 12.2 Å². The average Bonchev–Trinajstić information content (AvgIpc) is 2.02. The molecule has 0 aliphatic heterocycles. The van der Waals surface area contributed by atoms with Gasteiger partial charge in [-0.1, -0.05) is 50.5 Å². The first kappa shape index (κ1) is 16.9. The third-order valence-corrected chi connectivity index (χ3v) is 2.19. The first-order chi connectivity index (χ1) is 5.77. The van der Waals surface area contributed by atoms with E-state index in [0.29, 0.717) is 6.42 Å². The van der Waals surface area contributed by atoms with Gasteiger partial charge >= 0.3 is 51.4 Å². The molecule has 0 saturated carbocycles. The van der Waals surface area contributed by atoms with Gasteiger partial charge in [-0.25, -0.2) is 0 Å². The van der Waals surface area contributed by atoms with Crippen molar-refractivity contribution in [3.05, 3.63) is 0 Å². The van der Waals surface area contributed by atoms with Gasteiger partial charge in [0.15, 0.2) is 0 Å². The maximum absolute atomic E-state index is 10.4. The van der Waals surface area contributed by atoms with E-state index in [9.17, 15) is 5.11 Å². The fourth-order valence-corrected chi connectivity index (χ4v) is 1.37. The van der Waals surface area contributed by atoms with E-state index < -0.39 is 0 Å². The molecule has 0 amide bonds. The Kier molecular flexibility index (Phi) is 17.6. The molecule has 0 aromatic carbocycles. The van der Waals surface area contributed by atoms with Crippen molar-refractivity contribution in [2.75, 3.05) is 0 Å². The fourth-order valence-electron chi connectivity index (χ4n) is 1.23. The van der Waals surface area contributed by atoms with Gasteiger partial charge < -0.3 is 5.11 Å². The number of thiocarbonyl (C=S) groups is 1. The fraction of sp³-hybridized carbons (Fsp3) is 0.900. The van der Waals surface area contributed by atoms with Crippen LogP contribution in [0.25, 0.3) is 0 Å². The molecule has 0 unspecified atom stereocenters. The molecule has 72 valence electrons. The molecule has 0 aliphatic carbocycles. The molecule has 0 heterocycles. The van der Waals surface area contributed by atoms with Crippen molar-refractivity contribution < 1.29 is 56.5 Å². The number of hydrogen-bond donors (Lipinski definition) is 0. The first-order valence-electron chi connectivity index (χ1n) is 4.97. The van der Waals surface area contributed by atoms with Crippen molar-refractivity contribution in [2.45, 2.75) is 58.3 Å². The van der Waals surface area contributed by atoms with E-state index in [1.54, 1.807) is 0 Å². The SMILES string of the molecule is CCCCCCCCCC([O-])=S.[K+]. The molecular weight excluding hydrogens is 207 g/mol. The van der Waals surface area contributed by atoms with E-state index in [2.05, 4.69) is 19.1 Å². The van der Waals surface area contributed by atoms with E-state index in [-0.39, 0.29) is 56.4 Å². The van der Waals surface area contributed by atoms with Crippen LogP contribution in [0.3, 0.4) is 0 Å². The van der Waals surface area contributed by atoms with Crippen molar-refractivity contribution in [3.8, 4) is 0 Å². The molecule has 0 fully saturated rings. The van der Waals surface area contributed by atoms with Crippen LogP contribution in [0, 0.1) is 0 Å². The molecule has 0 aliphatic rings. The Morgan fingerprint density at radius 1 is 1.00 bits per heavy atom. The molecule has 0 aromatic heterocycles. The maximum atomic E-state index is 10.4. The summed E-state index contributed by atoms with van der Waals surface area (Å²) in [7, 11) is 0. The van der Waals surface area contributed by atoms with Crippen molar-refractivity contribution >= 4 is 17.3 Å². The summed E-state index contributed by atoms with van der Waals surface area (Å²) in [5.41, 5.74) is 0. The Morgan fingerprint density at radius 3 is 1.92 bits per heavy atom. The van der Waals surface area contributed by atoms with Crippen LogP contribution < -0.4 is 56.5 Å². The van der Waals surface area contributed by atoms with Crippen molar-refractivity contribution in [1.29, 1.82) is 0 Å². The van der Waals surface area contributed by atoms with Crippen molar-refractivity contribution in [2.24, 2.45) is 0 Å². The minimum atomic E-state index is -0.0800. The third-order valence-electron chi connectivity index (χ3n) is 1.98. The molecule has 1 nitrogen and oxygen atoms in total. The Labute approximate surface area is 130 Å². The quantitative estimate of drug-likeness (QED) is 0.326. The largest absolute Gasteiger partial charge is 1.00 e. The second kappa shape index (κ2) is 13.5. The van der Waals surface area contributed by atoms with E-state index in [0.717, 1.165) is 6.42 Å². The molecule has 0 saturated heterocycles. The van der Waals surface area contributed by atoms with Crippen LogP contribution in [0.1, 0.15) is 58.3 Å². The van der Waals surface area contributed by atoms with Crippen molar-refractivity contribution in [1.82, 2.24) is 0 Å². The minimum absolute atomic E-state index is 0. The predicted molar refractivity (Wildman–Crippen MR) is 55.2 cm³/mol. The van der Waals surface area contributed by atoms with Gasteiger partial charge in [-0.3, -0.25) is 0 Å². The van der Waals surface area contributed by atoms with Gasteiger partial charge in [0, 0.05) is 0 Å². The average molecular weight is 226 g/mol. The maximum Gasteiger partial charge on any atom is 1.00 e. The monoisotopic (exact) mass is 226 g/mol. The van der Waals surface area contributed by atoms with Gasteiger partial charge in [-0.05, 0) is 12.8 Å². The zero-order chi connectivity index (χ0) is 9.23. The molecule has 0 rings (SSSR count).